The first-order valence-corrected chi connectivity index (χ1v) is 10.6. The number of aromatic nitrogens is 3. The number of nitrogens with zero attached hydrogens (tertiary/aromatic N) is 5. The molecule has 152 valence electrons. The van der Waals surface area contributed by atoms with Gasteiger partial charge in [-0.2, -0.15) is 0 Å². The molecule has 0 aliphatic carbocycles. The number of carbonyl (C=O) groups is 3. The lowest BCUT2D eigenvalue weighted by molar-refractivity contribution is -0.744. The zero-order valence-corrected chi connectivity index (χ0v) is 16.2. The molecule has 0 bridgehead atoms. The Morgan fingerprint density at radius 1 is 1.43 bits per heavy atom. The first-order chi connectivity index (χ1) is 13.3. The minimum absolute atomic E-state index is 0.0286. The van der Waals surface area contributed by atoms with Crippen molar-refractivity contribution in [2.24, 2.45) is 0 Å². The molecule has 0 N–H and O–H groups in total. The van der Waals surface area contributed by atoms with E-state index >= 15 is 0 Å². The van der Waals surface area contributed by atoms with Gasteiger partial charge in [0.05, 0.1) is 24.8 Å². The first-order valence-electron chi connectivity index (χ1n) is 9.06. The number of ether oxygens (including phenoxy) is 1. The van der Waals surface area contributed by atoms with Crippen LogP contribution in [0.15, 0.2) is 12.4 Å². The number of rotatable bonds is 5. The quantitative estimate of drug-likeness (QED) is 0.294. The highest BCUT2D eigenvalue weighted by molar-refractivity contribution is 7.93. The summed E-state index contributed by atoms with van der Waals surface area (Å²) in [5, 5.41) is 3.31. The highest BCUT2D eigenvalue weighted by Crippen LogP contribution is 2.45. The van der Waals surface area contributed by atoms with Gasteiger partial charge in [-0.25, -0.2) is 8.42 Å². The minimum Gasteiger partial charge on any atom is -0.378 e. The van der Waals surface area contributed by atoms with E-state index in [1.807, 2.05) is 0 Å². The summed E-state index contributed by atoms with van der Waals surface area (Å²) in [7, 11) is -3.74. The fourth-order valence-electron chi connectivity index (χ4n) is 4.06. The van der Waals surface area contributed by atoms with E-state index in [2.05, 4.69) is 5.21 Å². The van der Waals surface area contributed by atoms with Gasteiger partial charge in [0.15, 0.2) is 28.8 Å². The Morgan fingerprint density at radius 3 is 2.79 bits per heavy atom. The number of fused-ring (bicyclic) bond motifs is 1. The fourth-order valence-corrected chi connectivity index (χ4v) is 6.41. The summed E-state index contributed by atoms with van der Waals surface area (Å²) >= 11 is 0. The summed E-state index contributed by atoms with van der Waals surface area (Å²) in [6.45, 7) is 3.48. The Balaban J connectivity index is 1.50. The van der Waals surface area contributed by atoms with E-state index in [1.54, 1.807) is 17.3 Å². The summed E-state index contributed by atoms with van der Waals surface area (Å²) in [5.74, 6) is -0.431. The molecule has 11 nitrogen and oxygen atoms in total. The molecule has 1 aromatic heterocycles. The van der Waals surface area contributed by atoms with Crippen LogP contribution in [-0.4, -0.2) is 88.7 Å². The summed E-state index contributed by atoms with van der Waals surface area (Å²) < 4.78 is 32.4. The Hall–Kier alpha value is -2.34. The van der Waals surface area contributed by atoms with Crippen molar-refractivity contribution >= 4 is 27.9 Å². The third kappa shape index (κ3) is 2.73. The van der Waals surface area contributed by atoms with Gasteiger partial charge >= 0.3 is 0 Å². The average Bonchev–Trinajstić information content (AvgIpc) is 3.14. The molecule has 3 atom stereocenters. The van der Waals surface area contributed by atoms with Gasteiger partial charge < -0.3 is 19.3 Å². The van der Waals surface area contributed by atoms with Crippen molar-refractivity contribution in [2.75, 3.05) is 26.3 Å². The molecule has 4 heterocycles. The second kappa shape index (κ2) is 6.62. The monoisotopic (exact) mass is 412 g/mol. The number of hydrogen-bond acceptors (Lipinski definition) is 7. The Bertz CT molecular complexity index is 924. The standard InChI is InChI=1S/C16H22N5O6S/c1-16(12(10-22)21-13(23)8-15(21)28(16,25)26)11-20-3-2-19(17-20)9-14(24)18-4-6-27-7-5-18/h2-3,10,12,15H,4-9,11H2,1H3/q+1/t12-,15?,16-/m0/s1. The van der Waals surface area contributed by atoms with Crippen LogP contribution in [-0.2, 0) is 42.0 Å². The number of aldehydes is 1. The van der Waals surface area contributed by atoms with Crippen molar-refractivity contribution in [1.82, 2.24) is 19.7 Å². The van der Waals surface area contributed by atoms with Gasteiger partial charge in [0.25, 0.3) is 5.91 Å². The molecule has 0 aromatic carbocycles. The van der Waals surface area contributed by atoms with Crippen LogP contribution < -0.4 is 4.68 Å². The minimum atomic E-state index is -3.74. The van der Waals surface area contributed by atoms with Gasteiger partial charge in [-0.15, -0.1) is 9.36 Å². The van der Waals surface area contributed by atoms with Gasteiger partial charge in [-0.05, 0) is 6.92 Å². The Kier molecular flexibility index (Phi) is 4.49. The van der Waals surface area contributed by atoms with Crippen molar-refractivity contribution in [3.63, 3.8) is 0 Å². The molecular weight excluding hydrogens is 390 g/mol. The molecule has 0 spiro atoms. The van der Waals surface area contributed by atoms with E-state index < -0.39 is 26.0 Å². The van der Waals surface area contributed by atoms with Crippen LogP contribution in [0.25, 0.3) is 0 Å². The van der Waals surface area contributed by atoms with Crippen LogP contribution in [0.3, 0.4) is 0 Å². The first kappa shape index (κ1) is 19.0. The molecule has 3 aliphatic heterocycles. The molecule has 0 radical (unpaired) electrons. The van der Waals surface area contributed by atoms with Crippen molar-refractivity contribution in [3.05, 3.63) is 12.4 Å². The second-order valence-corrected chi connectivity index (χ2v) is 10.0. The lowest BCUT2D eigenvalue weighted by Gasteiger charge is -2.35. The van der Waals surface area contributed by atoms with Crippen LogP contribution in [0, 0.1) is 0 Å². The zero-order valence-electron chi connectivity index (χ0n) is 15.4. The number of amides is 2. The SMILES string of the molecule is C[C@]1(Cn2cc[n+](CC(=O)N3CCOCC3)n2)[C@H](C=O)N2C(=O)CC2S1(=O)=O. The van der Waals surface area contributed by atoms with Crippen LogP contribution in [0.2, 0.25) is 0 Å². The molecule has 28 heavy (non-hydrogen) atoms. The second-order valence-electron chi connectivity index (χ2n) is 7.47. The Labute approximate surface area is 161 Å². The third-order valence-corrected chi connectivity index (χ3v) is 8.57. The van der Waals surface area contributed by atoms with Crippen LogP contribution in [0.4, 0.5) is 0 Å². The zero-order chi connectivity index (χ0) is 20.1. The van der Waals surface area contributed by atoms with Gasteiger partial charge in [0.1, 0.15) is 29.0 Å². The third-order valence-electron chi connectivity index (χ3n) is 5.79. The molecule has 12 heteroatoms. The lowest BCUT2D eigenvalue weighted by atomic mass is 9.97. The fraction of sp³-hybridized carbons (Fsp3) is 0.688. The van der Waals surface area contributed by atoms with Crippen molar-refractivity contribution in [1.29, 1.82) is 0 Å². The number of sulfone groups is 1. The van der Waals surface area contributed by atoms with E-state index in [0.717, 1.165) is 4.90 Å². The highest BCUT2D eigenvalue weighted by atomic mass is 32.2. The van der Waals surface area contributed by atoms with Crippen molar-refractivity contribution in [3.8, 4) is 0 Å². The molecule has 0 saturated carbocycles. The molecule has 3 saturated heterocycles. The van der Waals surface area contributed by atoms with Crippen LogP contribution in [0.5, 0.6) is 0 Å². The molecule has 3 aliphatic rings. The van der Waals surface area contributed by atoms with Gasteiger partial charge in [0, 0.05) is 13.1 Å². The molecule has 1 unspecified atom stereocenters. The molecule has 1 aromatic rings. The maximum absolute atomic E-state index is 12.9. The number of morpholine rings is 1. The van der Waals surface area contributed by atoms with E-state index in [4.69, 9.17) is 4.74 Å². The van der Waals surface area contributed by atoms with Gasteiger partial charge in [-0.3, -0.25) is 9.59 Å². The summed E-state index contributed by atoms with van der Waals surface area (Å²) in [6.07, 6.45) is 3.58. The number of hydrogen-bond donors (Lipinski definition) is 0. The van der Waals surface area contributed by atoms with Crippen LogP contribution in [0.1, 0.15) is 13.3 Å². The van der Waals surface area contributed by atoms with Gasteiger partial charge in [-0.1, -0.05) is 0 Å². The van der Waals surface area contributed by atoms with E-state index in [0.29, 0.717) is 32.6 Å². The van der Waals surface area contributed by atoms with Crippen LogP contribution >= 0.6 is 0 Å². The summed E-state index contributed by atoms with van der Waals surface area (Å²) in [5.41, 5.74) is 0. The van der Waals surface area contributed by atoms with Gasteiger partial charge in [0.2, 0.25) is 5.91 Å². The van der Waals surface area contributed by atoms with Crippen molar-refractivity contribution < 1.29 is 32.2 Å². The number of carbonyl (C=O) groups excluding carboxylic acids is 3. The van der Waals surface area contributed by atoms with E-state index in [1.165, 1.54) is 16.3 Å². The normalized spacial score (nSPS) is 31.4. The van der Waals surface area contributed by atoms with E-state index in [9.17, 15) is 22.8 Å². The smallest absolute Gasteiger partial charge is 0.267 e. The van der Waals surface area contributed by atoms with Crippen molar-refractivity contribution in [2.45, 2.75) is 42.6 Å². The molecule has 4 rings (SSSR count). The number of β-lactam (4-membered cyclic amide) rings is 1. The summed E-state index contributed by atoms with van der Waals surface area (Å²) in [4.78, 5) is 38.6. The lowest BCUT2D eigenvalue weighted by Crippen LogP contribution is -2.55. The molecule has 2 amide bonds. The predicted octanol–water partition coefficient (Wildman–Crippen LogP) is -2.66. The highest BCUT2D eigenvalue weighted by Gasteiger charge is 2.68. The predicted molar refractivity (Wildman–Crippen MR) is 92.2 cm³/mol. The maximum atomic E-state index is 12.9. The van der Waals surface area contributed by atoms with E-state index in [-0.39, 0.29) is 31.3 Å². The largest absolute Gasteiger partial charge is 0.378 e. The average molecular weight is 412 g/mol. The summed E-state index contributed by atoms with van der Waals surface area (Å²) in [6, 6.07) is -1.05. The molecule has 3 fully saturated rings. The Morgan fingerprint density at radius 2 is 2.14 bits per heavy atom. The topological polar surface area (TPSA) is 123 Å². The maximum Gasteiger partial charge on any atom is 0.267 e. The molecular formula is C16H22N5O6S+.